The van der Waals surface area contributed by atoms with Crippen molar-refractivity contribution in [2.24, 2.45) is 17.3 Å². The highest BCUT2D eigenvalue weighted by Gasteiger charge is 2.77. The summed E-state index contributed by atoms with van der Waals surface area (Å²) in [4.78, 5) is 12.2. The van der Waals surface area contributed by atoms with Crippen molar-refractivity contribution in [2.75, 3.05) is 0 Å². The predicted octanol–water partition coefficient (Wildman–Crippen LogP) is 1.28. The van der Waals surface area contributed by atoms with Gasteiger partial charge in [-0.05, 0) is 51.4 Å². The first-order chi connectivity index (χ1) is 8.60. The summed E-state index contributed by atoms with van der Waals surface area (Å²) in [5, 5.41) is 19.8. The molecule has 4 fully saturated rings. The number of carbonyl (C=O) groups excluding carboxylic acids is 1. The Morgan fingerprint density at radius 3 is 2.63 bits per heavy atom. The Morgan fingerprint density at radius 1 is 1.47 bits per heavy atom. The Kier molecular flexibility index (Phi) is 2.56. The van der Waals surface area contributed by atoms with Gasteiger partial charge in [0.2, 0.25) is 0 Å². The van der Waals surface area contributed by atoms with Gasteiger partial charge in [-0.2, -0.15) is 0 Å². The van der Waals surface area contributed by atoms with Crippen LogP contribution in [0, 0.1) is 17.3 Å². The van der Waals surface area contributed by atoms with Crippen molar-refractivity contribution in [3.63, 3.8) is 0 Å². The number of ketones is 1. The lowest BCUT2D eigenvalue weighted by Crippen LogP contribution is -2.62. The molecule has 4 nitrogen and oxygen atoms in total. The van der Waals surface area contributed by atoms with Crippen LogP contribution in [0.25, 0.3) is 0 Å². The summed E-state index contributed by atoms with van der Waals surface area (Å²) < 4.78 is 5.64. The van der Waals surface area contributed by atoms with E-state index in [0.717, 1.165) is 12.8 Å². The first kappa shape index (κ1) is 13.5. The van der Waals surface area contributed by atoms with Crippen LogP contribution in [0.4, 0.5) is 0 Å². The molecule has 4 rings (SSSR count). The lowest BCUT2D eigenvalue weighted by atomic mass is 9.43. The molecule has 3 aliphatic carbocycles. The quantitative estimate of drug-likeness (QED) is 0.754. The van der Waals surface area contributed by atoms with E-state index in [4.69, 9.17) is 4.74 Å². The number of hydrogen-bond donors (Lipinski definition) is 2. The molecule has 19 heavy (non-hydrogen) atoms. The van der Waals surface area contributed by atoms with Gasteiger partial charge in [-0.25, -0.2) is 0 Å². The van der Waals surface area contributed by atoms with Gasteiger partial charge >= 0.3 is 0 Å². The molecule has 0 radical (unpaired) electrons. The summed E-state index contributed by atoms with van der Waals surface area (Å²) in [5.41, 5.74) is -1.40. The minimum Gasteiger partial charge on any atom is -0.390 e. The molecule has 1 heterocycles. The van der Waals surface area contributed by atoms with E-state index in [2.05, 4.69) is 6.92 Å². The lowest BCUT2D eigenvalue weighted by Gasteiger charge is -2.58. The average molecular weight is 268 g/mol. The van der Waals surface area contributed by atoms with Crippen molar-refractivity contribution in [3.05, 3.63) is 0 Å². The van der Waals surface area contributed by atoms with Gasteiger partial charge in [0.15, 0.2) is 5.78 Å². The molecule has 1 aliphatic heterocycles. The standard InChI is InChI=1S/C15H24O4/c1-13(2,18)10(16)5-6-14(3)8-7-9(14)15(4)12(19-15)11(8)17/h8-10,12,16,18H,5-7H2,1-4H3/t8-,9-,10?,12+,14-,15-/m1/s1. The largest absolute Gasteiger partial charge is 0.390 e. The molecule has 6 atom stereocenters. The molecule has 0 amide bonds. The van der Waals surface area contributed by atoms with Crippen LogP contribution in [-0.4, -0.2) is 39.4 Å². The Morgan fingerprint density at radius 2 is 2.11 bits per heavy atom. The maximum atomic E-state index is 12.2. The number of epoxide rings is 1. The second kappa shape index (κ2) is 3.60. The number of hydrogen-bond acceptors (Lipinski definition) is 4. The zero-order valence-electron chi connectivity index (χ0n) is 12.1. The van der Waals surface area contributed by atoms with E-state index in [-0.39, 0.29) is 28.8 Å². The van der Waals surface area contributed by atoms with Crippen LogP contribution in [0.15, 0.2) is 0 Å². The summed E-state index contributed by atoms with van der Waals surface area (Å²) >= 11 is 0. The van der Waals surface area contributed by atoms with Crippen molar-refractivity contribution >= 4 is 5.78 Å². The summed E-state index contributed by atoms with van der Waals surface area (Å²) in [6, 6.07) is 0. The van der Waals surface area contributed by atoms with E-state index < -0.39 is 11.7 Å². The zero-order chi connectivity index (χ0) is 14.2. The number of aliphatic hydroxyl groups excluding tert-OH is 1. The van der Waals surface area contributed by atoms with Crippen molar-refractivity contribution in [2.45, 2.75) is 70.4 Å². The Bertz CT molecular complexity index is 426. The van der Waals surface area contributed by atoms with E-state index in [0.29, 0.717) is 12.3 Å². The molecule has 0 aromatic rings. The number of Topliss-reactive ketones (excluding diaryl/α,β-unsaturated/α-hetero) is 1. The van der Waals surface area contributed by atoms with Crippen LogP contribution in [0.5, 0.6) is 0 Å². The van der Waals surface area contributed by atoms with Crippen LogP contribution in [0.2, 0.25) is 0 Å². The third-order valence-corrected chi connectivity index (χ3v) is 5.96. The maximum absolute atomic E-state index is 12.2. The lowest BCUT2D eigenvalue weighted by molar-refractivity contribution is -0.155. The van der Waals surface area contributed by atoms with E-state index >= 15 is 0 Å². The number of rotatable bonds is 4. The third kappa shape index (κ3) is 1.66. The molecule has 4 heteroatoms. The van der Waals surface area contributed by atoms with Crippen LogP contribution < -0.4 is 0 Å². The highest BCUT2D eigenvalue weighted by Crippen LogP contribution is 2.70. The van der Waals surface area contributed by atoms with Crippen LogP contribution in [0.1, 0.15) is 47.0 Å². The molecule has 0 aromatic carbocycles. The SMILES string of the molecule is CC(C)(O)C(O)CC[C@]1(C)[C@@H]2C[C@H]1[C@@]1(C)O[C@H]1C2=O. The van der Waals surface area contributed by atoms with Crippen LogP contribution >= 0.6 is 0 Å². The molecule has 1 unspecified atom stereocenters. The van der Waals surface area contributed by atoms with Gasteiger partial charge in [-0.1, -0.05) is 6.92 Å². The average Bonchev–Trinajstić information content (AvgIpc) is 2.96. The second-order valence-corrected chi connectivity index (χ2v) is 7.64. The molecule has 4 aliphatic rings. The van der Waals surface area contributed by atoms with E-state index in [1.807, 2.05) is 6.92 Å². The van der Waals surface area contributed by atoms with E-state index in [9.17, 15) is 15.0 Å². The molecule has 2 bridgehead atoms. The zero-order valence-corrected chi connectivity index (χ0v) is 12.1. The Labute approximate surface area is 114 Å². The summed E-state index contributed by atoms with van der Waals surface area (Å²) in [6.07, 6.45) is 1.32. The number of carbonyl (C=O) groups is 1. The topological polar surface area (TPSA) is 70.1 Å². The van der Waals surface area contributed by atoms with Crippen molar-refractivity contribution < 1.29 is 19.7 Å². The summed E-state index contributed by atoms with van der Waals surface area (Å²) in [6.45, 7) is 7.42. The van der Waals surface area contributed by atoms with Gasteiger partial charge in [0.25, 0.3) is 0 Å². The van der Waals surface area contributed by atoms with Gasteiger partial charge in [-0.15, -0.1) is 0 Å². The summed E-state index contributed by atoms with van der Waals surface area (Å²) in [5.74, 6) is 0.763. The van der Waals surface area contributed by atoms with Gasteiger partial charge < -0.3 is 14.9 Å². The van der Waals surface area contributed by atoms with E-state index in [1.165, 1.54) is 0 Å². The van der Waals surface area contributed by atoms with Crippen LogP contribution in [0.3, 0.4) is 0 Å². The fourth-order valence-corrected chi connectivity index (χ4v) is 4.34. The van der Waals surface area contributed by atoms with Gasteiger partial charge in [-0.3, -0.25) is 4.79 Å². The molecule has 3 saturated carbocycles. The fourth-order valence-electron chi connectivity index (χ4n) is 4.34. The molecular formula is C15H24O4. The van der Waals surface area contributed by atoms with Crippen molar-refractivity contribution in [3.8, 4) is 0 Å². The van der Waals surface area contributed by atoms with Crippen molar-refractivity contribution in [1.82, 2.24) is 0 Å². The summed E-state index contributed by atoms with van der Waals surface area (Å²) in [7, 11) is 0. The number of aliphatic hydroxyl groups is 2. The Balaban J connectivity index is 1.70. The maximum Gasteiger partial charge on any atom is 0.168 e. The molecule has 1 saturated heterocycles. The fraction of sp³-hybridized carbons (Fsp3) is 0.933. The highest BCUT2D eigenvalue weighted by molar-refractivity contribution is 5.93. The Hall–Kier alpha value is -0.450. The first-order valence-electron chi connectivity index (χ1n) is 7.22. The van der Waals surface area contributed by atoms with Gasteiger partial charge in [0.1, 0.15) is 11.7 Å². The highest BCUT2D eigenvalue weighted by atomic mass is 16.6. The van der Waals surface area contributed by atoms with Gasteiger partial charge in [0, 0.05) is 5.92 Å². The minimum absolute atomic E-state index is 0.0644. The smallest absolute Gasteiger partial charge is 0.168 e. The normalized spacial score (nSPS) is 49.4. The number of ether oxygens (including phenoxy) is 1. The molecule has 0 aromatic heterocycles. The second-order valence-electron chi connectivity index (χ2n) is 7.64. The molecule has 0 spiro atoms. The van der Waals surface area contributed by atoms with E-state index in [1.54, 1.807) is 13.8 Å². The van der Waals surface area contributed by atoms with Crippen LogP contribution in [-0.2, 0) is 9.53 Å². The minimum atomic E-state index is -1.08. The monoisotopic (exact) mass is 268 g/mol. The van der Waals surface area contributed by atoms with Crippen molar-refractivity contribution in [1.29, 1.82) is 0 Å². The predicted molar refractivity (Wildman–Crippen MR) is 69.5 cm³/mol. The van der Waals surface area contributed by atoms with Gasteiger partial charge in [0.05, 0.1) is 11.7 Å². The first-order valence-corrected chi connectivity index (χ1v) is 7.22. The third-order valence-electron chi connectivity index (χ3n) is 5.96. The molecule has 108 valence electrons. The molecule has 2 N–H and O–H groups in total. The molecular weight excluding hydrogens is 244 g/mol.